The van der Waals surface area contributed by atoms with Gasteiger partial charge in [0.2, 0.25) is 0 Å². The van der Waals surface area contributed by atoms with Crippen molar-refractivity contribution in [1.29, 1.82) is 0 Å². The van der Waals surface area contributed by atoms with Gasteiger partial charge in [-0.05, 0) is 42.3 Å². The van der Waals surface area contributed by atoms with Gasteiger partial charge in [0.15, 0.2) is 0 Å². The van der Waals surface area contributed by atoms with E-state index in [1.165, 1.54) is 18.2 Å². The molecule has 0 fully saturated rings. The number of anilines is 1. The van der Waals surface area contributed by atoms with E-state index in [9.17, 15) is 27.2 Å². The highest BCUT2D eigenvalue weighted by Crippen LogP contribution is 2.36. The molecule has 3 nitrogen and oxygen atoms in total. The summed E-state index contributed by atoms with van der Waals surface area (Å²) in [6, 6.07) is 14.0. The van der Waals surface area contributed by atoms with Crippen LogP contribution < -0.4 is 5.32 Å². The van der Waals surface area contributed by atoms with Crippen LogP contribution in [0, 0.1) is 12.7 Å². The van der Waals surface area contributed by atoms with Crippen molar-refractivity contribution >= 4 is 29.0 Å². The Kier molecular flexibility index (Phi) is 6.99. The van der Waals surface area contributed by atoms with Gasteiger partial charge in [-0.3, -0.25) is 9.59 Å². The molecule has 0 saturated heterocycles. The molecule has 1 N–H and O–H groups in total. The fourth-order valence-corrected chi connectivity index (χ4v) is 3.53. The maximum absolute atomic E-state index is 13.9. The third-order valence-electron chi connectivity index (χ3n) is 4.71. The van der Waals surface area contributed by atoms with Crippen LogP contribution in [0.15, 0.2) is 60.7 Å². The number of aryl methyl sites for hydroxylation is 1. The number of nitrogens with one attached hydrogen (secondary N) is 1. The Balaban J connectivity index is 1.83. The van der Waals surface area contributed by atoms with Gasteiger partial charge in [-0.2, -0.15) is 13.2 Å². The van der Waals surface area contributed by atoms with Crippen LogP contribution in [0.5, 0.6) is 0 Å². The highest BCUT2D eigenvalue weighted by Gasteiger charge is 2.34. The summed E-state index contributed by atoms with van der Waals surface area (Å²) in [7, 11) is 0. The van der Waals surface area contributed by atoms with E-state index in [1.54, 1.807) is 12.1 Å². The van der Waals surface area contributed by atoms with Crippen molar-refractivity contribution in [3.05, 3.63) is 99.3 Å². The number of carbonyl (C=O) groups is 2. The molecule has 3 aromatic rings. The third kappa shape index (κ3) is 5.73. The van der Waals surface area contributed by atoms with E-state index in [-0.39, 0.29) is 29.2 Å². The molecule has 0 unspecified atom stereocenters. The van der Waals surface area contributed by atoms with Crippen LogP contribution in [0.2, 0.25) is 5.02 Å². The van der Waals surface area contributed by atoms with Gasteiger partial charge < -0.3 is 5.32 Å². The van der Waals surface area contributed by atoms with E-state index in [2.05, 4.69) is 5.32 Å². The number of alkyl halides is 3. The fourth-order valence-electron chi connectivity index (χ4n) is 3.28. The van der Waals surface area contributed by atoms with Crippen molar-refractivity contribution in [2.45, 2.75) is 25.9 Å². The standard InChI is InChI=1S/C24H18ClF4NO2/c1-14-4-2-5-15(10-14)11-17(31)12-16-8-9-21(18(13-16)24(27,28)29)30-23(32)22-19(25)6-3-7-20(22)26/h2-10,13H,11-12H2,1H3,(H,30,32). The maximum Gasteiger partial charge on any atom is 0.418 e. The van der Waals surface area contributed by atoms with E-state index in [0.29, 0.717) is 0 Å². The van der Waals surface area contributed by atoms with E-state index in [1.807, 2.05) is 19.1 Å². The summed E-state index contributed by atoms with van der Waals surface area (Å²) in [5, 5.41) is 1.85. The predicted molar refractivity (Wildman–Crippen MR) is 114 cm³/mol. The zero-order valence-electron chi connectivity index (χ0n) is 16.9. The van der Waals surface area contributed by atoms with Crippen molar-refractivity contribution in [2.24, 2.45) is 0 Å². The van der Waals surface area contributed by atoms with Crippen LogP contribution in [0.1, 0.15) is 32.6 Å². The topological polar surface area (TPSA) is 46.2 Å². The van der Waals surface area contributed by atoms with Crippen molar-refractivity contribution in [3.8, 4) is 0 Å². The van der Waals surface area contributed by atoms with Gasteiger partial charge in [0, 0.05) is 12.8 Å². The van der Waals surface area contributed by atoms with Crippen LogP contribution >= 0.6 is 11.6 Å². The molecule has 0 saturated carbocycles. The molecular formula is C24H18ClF4NO2. The Morgan fingerprint density at radius 2 is 1.59 bits per heavy atom. The SMILES string of the molecule is Cc1cccc(CC(=O)Cc2ccc(NC(=O)c3c(F)cccc3Cl)c(C(F)(F)F)c2)c1. The number of amides is 1. The van der Waals surface area contributed by atoms with Crippen molar-refractivity contribution in [3.63, 3.8) is 0 Å². The van der Waals surface area contributed by atoms with Gasteiger partial charge in [-0.15, -0.1) is 0 Å². The average Bonchev–Trinajstić information content (AvgIpc) is 2.68. The summed E-state index contributed by atoms with van der Waals surface area (Å²) in [6.45, 7) is 1.88. The smallest absolute Gasteiger partial charge is 0.321 e. The Morgan fingerprint density at radius 3 is 2.22 bits per heavy atom. The lowest BCUT2D eigenvalue weighted by molar-refractivity contribution is -0.137. The van der Waals surface area contributed by atoms with E-state index >= 15 is 0 Å². The number of hydrogen-bond acceptors (Lipinski definition) is 2. The molecule has 8 heteroatoms. The minimum absolute atomic E-state index is 0.0906. The molecule has 0 aromatic heterocycles. The molecule has 1 amide bonds. The van der Waals surface area contributed by atoms with Gasteiger partial charge in [0.25, 0.3) is 5.91 Å². The van der Waals surface area contributed by atoms with Crippen LogP contribution in [0.3, 0.4) is 0 Å². The lowest BCUT2D eigenvalue weighted by Crippen LogP contribution is -2.19. The second-order valence-electron chi connectivity index (χ2n) is 7.31. The summed E-state index contributed by atoms with van der Waals surface area (Å²) >= 11 is 5.82. The number of benzene rings is 3. The minimum atomic E-state index is -4.81. The second kappa shape index (κ2) is 9.53. The van der Waals surface area contributed by atoms with Crippen molar-refractivity contribution < 1.29 is 27.2 Å². The number of Topliss-reactive ketones (excluding diaryl/α,β-unsaturated/α-hetero) is 1. The molecular weight excluding hydrogens is 446 g/mol. The number of rotatable bonds is 6. The summed E-state index contributed by atoms with van der Waals surface area (Å²) in [5.74, 6) is -2.32. The molecule has 166 valence electrons. The predicted octanol–water partition coefficient (Wildman–Crippen LogP) is 6.41. The molecule has 0 heterocycles. The molecule has 0 aliphatic carbocycles. The first-order chi connectivity index (χ1) is 15.0. The van der Waals surface area contributed by atoms with Crippen LogP contribution in [-0.4, -0.2) is 11.7 Å². The van der Waals surface area contributed by atoms with Gasteiger partial charge in [0.05, 0.1) is 21.8 Å². The summed E-state index contributed by atoms with van der Waals surface area (Å²) < 4.78 is 54.8. The Hall–Kier alpha value is -3.19. The van der Waals surface area contributed by atoms with Crippen LogP contribution in [0.4, 0.5) is 23.2 Å². The number of ketones is 1. The fraction of sp³-hybridized carbons (Fsp3) is 0.167. The van der Waals surface area contributed by atoms with Gasteiger partial charge >= 0.3 is 6.18 Å². The molecule has 0 radical (unpaired) electrons. The van der Waals surface area contributed by atoms with Crippen molar-refractivity contribution in [2.75, 3.05) is 5.32 Å². The van der Waals surface area contributed by atoms with Gasteiger partial charge in [0.1, 0.15) is 11.6 Å². The Morgan fingerprint density at radius 1 is 0.938 bits per heavy atom. The first-order valence-electron chi connectivity index (χ1n) is 9.57. The minimum Gasteiger partial charge on any atom is -0.321 e. The monoisotopic (exact) mass is 463 g/mol. The number of hydrogen-bond donors (Lipinski definition) is 1. The molecule has 32 heavy (non-hydrogen) atoms. The first-order valence-corrected chi connectivity index (χ1v) is 9.95. The summed E-state index contributed by atoms with van der Waals surface area (Å²) in [5.41, 5.74) is -0.353. The van der Waals surface area contributed by atoms with Crippen LogP contribution in [-0.2, 0) is 23.8 Å². The van der Waals surface area contributed by atoms with Gasteiger partial charge in [-0.25, -0.2) is 4.39 Å². The highest BCUT2D eigenvalue weighted by molar-refractivity contribution is 6.34. The summed E-state index contributed by atoms with van der Waals surface area (Å²) in [4.78, 5) is 24.7. The van der Waals surface area contributed by atoms with E-state index < -0.39 is 34.7 Å². The van der Waals surface area contributed by atoms with Crippen LogP contribution in [0.25, 0.3) is 0 Å². The lowest BCUT2D eigenvalue weighted by atomic mass is 9.99. The molecule has 3 rings (SSSR count). The zero-order valence-corrected chi connectivity index (χ0v) is 17.6. The number of halogens is 5. The molecule has 0 spiro atoms. The highest BCUT2D eigenvalue weighted by atomic mass is 35.5. The maximum atomic E-state index is 13.9. The average molecular weight is 464 g/mol. The molecule has 3 aromatic carbocycles. The van der Waals surface area contributed by atoms with E-state index in [4.69, 9.17) is 11.6 Å². The second-order valence-corrected chi connectivity index (χ2v) is 7.72. The zero-order chi connectivity index (χ0) is 23.5. The quantitative estimate of drug-likeness (QED) is 0.429. The normalized spacial score (nSPS) is 11.3. The molecule has 0 bridgehead atoms. The van der Waals surface area contributed by atoms with Crippen molar-refractivity contribution in [1.82, 2.24) is 0 Å². The largest absolute Gasteiger partial charge is 0.418 e. The molecule has 0 aliphatic rings. The summed E-state index contributed by atoms with van der Waals surface area (Å²) in [6.07, 6.45) is -4.92. The first kappa shape index (κ1) is 23.5. The van der Waals surface area contributed by atoms with Gasteiger partial charge in [-0.1, -0.05) is 53.6 Å². The Bertz CT molecular complexity index is 1150. The Labute approximate surface area is 187 Å². The third-order valence-corrected chi connectivity index (χ3v) is 5.03. The lowest BCUT2D eigenvalue weighted by Gasteiger charge is -2.16. The molecule has 0 aliphatic heterocycles. The van der Waals surface area contributed by atoms with E-state index in [0.717, 1.165) is 29.3 Å². The number of carbonyl (C=O) groups excluding carboxylic acids is 2. The molecule has 0 atom stereocenters.